The summed E-state index contributed by atoms with van der Waals surface area (Å²) in [6, 6.07) is 0. The van der Waals surface area contributed by atoms with Crippen LogP contribution in [-0.2, 0) is 9.22 Å². The number of carbonyl (C=O) groups excluding carboxylic acids is 1. The van der Waals surface area contributed by atoms with E-state index in [4.69, 9.17) is 4.43 Å². The van der Waals surface area contributed by atoms with Crippen LogP contribution in [0.3, 0.4) is 0 Å². The van der Waals surface area contributed by atoms with E-state index in [1.165, 1.54) is 0 Å². The Morgan fingerprint density at radius 1 is 1.14 bits per heavy atom. The predicted molar refractivity (Wildman–Crippen MR) is 63.4 cm³/mol. The molecule has 0 aliphatic carbocycles. The molecule has 0 spiro atoms. The second-order valence-corrected chi connectivity index (χ2v) is 15.7. The fourth-order valence-electron chi connectivity index (χ4n) is 0.684. The second-order valence-electron chi connectivity index (χ2n) is 5.82. The molecule has 0 amide bonds. The maximum Gasteiger partial charge on any atom is 0.320 e. The van der Waals surface area contributed by atoms with E-state index in [2.05, 4.69) is 0 Å². The molecule has 5 heteroatoms. The first kappa shape index (κ1) is 13.9. The van der Waals surface area contributed by atoms with Crippen LogP contribution < -0.4 is 0 Å². The summed E-state index contributed by atoms with van der Waals surface area (Å²) in [6.45, 7) is 13.2. The molecule has 3 nitrogen and oxygen atoms in total. The van der Waals surface area contributed by atoms with Crippen molar-refractivity contribution in [2.45, 2.75) is 51.4 Å². The molecule has 0 heterocycles. The molecule has 0 aromatic heterocycles. The number of carbonyl (C=O) groups is 1. The molecule has 0 saturated carbocycles. The van der Waals surface area contributed by atoms with Gasteiger partial charge >= 0.3 is 5.97 Å². The summed E-state index contributed by atoms with van der Waals surface area (Å²) in [5.74, 6) is -0.448. The van der Waals surface area contributed by atoms with E-state index < -0.39 is 27.6 Å². The molecular formula is C9H22O3Si2. The van der Waals surface area contributed by atoms with Gasteiger partial charge in [-0.3, -0.25) is 4.79 Å². The van der Waals surface area contributed by atoms with E-state index >= 15 is 0 Å². The zero-order valence-electron chi connectivity index (χ0n) is 10.3. The van der Waals surface area contributed by atoms with Crippen LogP contribution in [-0.4, -0.2) is 32.7 Å². The van der Waals surface area contributed by atoms with Crippen molar-refractivity contribution in [3.05, 3.63) is 0 Å². The molecule has 0 rings (SSSR count). The Morgan fingerprint density at radius 3 is 1.71 bits per heavy atom. The highest BCUT2D eigenvalue weighted by Crippen LogP contribution is 2.23. The van der Waals surface area contributed by atoms with Crippen LogP contribution >= 0.6 is 0 Å². The maximum absolute atomic E-state index is 11.7. The Bertz CT molecular complexity index is 223. The van der Waals surface area contributed by atoms with Gasteiger partial charge in [0.1, 0.15) is 5.22 Å². The standard InChI is InChI=1S/C9H22O3Si2/c1-9(11,13(2,3)4)8(10)12-14(5,6)7/h11H,1-7H3. The van der Waals surface area contributed by atoms with Crippen molar-refractivity contribution in [2.75, 3.05) is 0 Å². The number of rotatable bonds is 3. The topological polar surface area (TPSA) is 46.5 Å². The zero-order chi connectivity index (χ0) is 11.8. The SMILES string of the molecule is CC(O)(C(=O)O[Si](C)(C)C)[Si](C)(C)C. The number of hydrogen-bond donors (Lipinski definition) is 1. The average Bonchev–Trinajstić information content (AvgIpc) is 1.80. The van der Waals surface area contributed by atoms with E-state index in [0.717, 1.165) is 0 Å². The third-order valence-electron chi connectivity index (χ3n) is 2.26. The largest absolute Gasteiger partial charge is 0.518 e. The maximum atomic E-state index is 11.7. The van der Waals surface area contributed by atoms with Crippen LogP contribution in [0.25, 0.3) is 0 Å². The molecule has 14 heavy (non-hydrogen) atoms. The van der Waals surface area contributed by atoms with Gasteiger partial charge in [-0.05, 0) is 26.6 Å². The van der Waals surface area contributed by atoms with Gasteiger partial charge in [-0.2, -0.15) is 0 Å². The first-order valence-electron chi connectivity index (χ1n) is 4.84. The molecule has 1 N–H and O–H groups in total. The monoisotopic (exact) mass is 234 g/mol. The van der Waals surface area contributed by atoms with E-state index in [1.807, 2.05) is 39.3 Å². The van der Waals surface area contributed by atoms with Crippen molar-refractivity contribution >= 4 is 22.4 Å². The van der Waals surface area contributed by atoms with Crippen molar-refractivity contribution in [3.63, 3.8) is 0 Å². The summed E-state index contributed by atoms with van der Waals surface area (Å²) in [7, 11) is -3.84. The first-order valence-corrected chi connectivity index (χ1v) is 11.7. The van der Waals surface area contributed by atoms with Crippen LogP contribution in [0.4, 0.5) is 0 Å². The summed E-state index contributed by atoms with van der Waals surface area (Å²) < 4.78 is 5.31. The predicted octanol–water partition coefficient (Wildman–Crippen LogP) is 1.99. The van der Waals surface area contributed by atoms with Crippen molar-refractivity contribution < 1.29 is 14.3 Å². The lowest BCUT2D eigenvalue weighted by Gasteiger charge is -2.35. The van der Waals surface area contributed by atoms with Crippen LogP contribution in [0.5, 0.6) is 0 Å². The third kappa shape index (κ3) is 3.55. The van der Waals surface area contributed by atoms with Crippen LogP contribution in [0.2, 0.25) is 39.3 Å². The third-order valence-corrected chi connectivity index (χ3v) is 6.18. The minimum atomic E-state index is -1.94. The van der Waals surface area contributed by atoms with Gasteiger partial charge in [-0.1, -0.05) is 19.6 Å². The van der Waals surface area contributed by atoms with Crippen LogP contribution in [0.1, 0.15) is 6.92 Å². The molecule has 0 aliphatic rings. The Hall–Kier alpha value is -0.136. The van der Waals surface area contributed by atoms with Gasteiger partial charge in [0.15, 0.2) is 0 Å². The molecule has 84 valence electrons. The molecular weight excluding hydrogens is 212 g/mol. The molecule has 0 aliphatic heterocycles. The minimum Gasteiger partial charge on any atom is -0.518 e. The Labute approximate surface area is 88.6 Å². The van der Waals surface area contributed by atoms with Crippen molar-refractivity contribution in [1.82, 2.24) is 0 Å². The Morgan fingerprint density at radius 2 is 1.50 bits per heavy atom. The molecule has 0 saturated heterocycles. The van der Waals surface area contributed by atoms with Gasteiger partial charge in [0.05, 0.1) is 8.07 Å². The van der Waals surface area contributed by atoms with E-state index in [1.54, 1.807) is 6.92 Å². The van der Waals surface area contributed by atoms with Crippen molar-refractivity contribution in [2.24, 2.45) is 0 Å². The van der Waals surface area contributed by atoms with Gasteiger partial charge in [0.25, 0.3) is 0 Å². The van der Waals surface area contributed by atoms with E-state index in [-0.39, 0.29) is 0 Å². The van der Waals surface area contributed by atoms with Crippen molar-refractivity contribution in [3.8, 4) is 0 Å². The first-order chi connectivity index (χ1) is 5.88. The molecule has 0 bridgehead atoms. The van der Waals surface area contributed by atoms with Gasteiger partial charge in [-0.15, -0.1) is 0 Å². The minimum absolute atomic E-state index is 0.448. The summed E-state index contributed by atoms with van der Waals surface area (Å²) in [5, 5.41) is 8.81. The smallest absolute Gasteiger partial charge is 0.320 e. The van der Waals surface area contributed by atoms with Crippen LogP contribution in [0, 0.1) is 0 Å². The highest BCUT2D eigenvalue weighted by molar-refractivity contribution is 6.82. The van der Waals surface area contributed by atoms with E-state index in [0.29, 0.717) is 0 Å². The fourth-order valence-corrected chi connectivity index (χ4v) is 2.20. The lowest BCUT2D eigenvalue weighted by molar-refractivity contribution is -0.147. The van der Waals surface area contributed by atoms with Crippen LogP contribution in [0.15, 0.2) is 0 Å². The van der Waals surface area contributed by atoms with Gasteiger partial charge in [-0.25, -0.2) is 0 Å². The fraction of sp³-hybridized carbons (Fsp3) is 0.889. The Balaban J connectivity index is 4.70. The lowest BCUT2D eigenvalue weighted by atomic mass is 10.4. The highest BCUT2D eigenvalue weighted by Gasteiger charge is 2.46. The zero-order valence-corrected chi connectivity index (χ0v) is 12.3. The Kier molecular flexibility index (Phi) is 3.75. The quantitative estimate of drug-likeness (QED) is 0.760. The summed E-state index contributed by atoms with van der Waals surface area (Å²) >= 11 is 0. The molecule has 0 fully saturated rings. The molecule has 0 aromatic carbocycles. The average molecular weight is 234 g/mol. The molecule has 0 radical (unpaired) electrons. The molecule has 0 aromatic rings. The summed E-state index contributed by atoms with van der Waals surface area (Å²) in [6.07, 6.45) is 0. The van der Waals surface area contributed by atoms with Gasteiger partial charge in [0.2, 0.25) is 8.32 Å². The summed E-state index contributed by atoms with van der Waals surface area (Å²) in [5.41, 5.74) is 0. The van der Waals surface area contributed by atoms with E-state index in [9.17, 15) is 9.90 Å². The number of hydrogen-bond acceptors (Lipinski definition) is 3. The number of aliphatic hydroxyl groups is 1. The normalized spacial score (nSPS) is 17.4. The second kappa shape index (κ2) is 3.79. The lowest BCUT2D eigenvalue weighted by Crippen LogP contribution is -2.58. The van der Waals surface area contributed by atoms with Gasteiger partial charge < -0.3 is 9.53 Å². The van der Waals surface area contributed by atoms with Gasteiger partial charge in [0, 0.05) is 0 Å². The molecule has 1 atom stereocenters. The summed E-state index contributed by atoms with van der Waals surface area (Å²) in [4.78, 5) is 11.7. The highest BCUT2D eigenvalue weighted by atomic mass is 28.4. The van der Waals surface area contributed by atoms with Crippen molar-refractivity contribution in [1.29, 1.82) is 0 Å². The molecule has 1 unspecified atom stereocenters.